The third-order valence-corrected chi connectivity index (χ3v) is 5.42. The summed E-state index contributed by atoms with van der Waals surface area (Å²) < 4.78 is 0. The average molecular weight is 275 g/mol. The smallest absolute Gasteiger partial charge is 0.0270 e. The highest BCUT2D eigenvalue weighted by Gasteiger charge is 2.43. The normalized spacial score (nSPS) is 15.2. The van der Waals surface area contributed by atoms with Crippen LogP contribution < -0.4 is 0 Å². The van der Waals surface area contributed by atoms with Crippen molar-refractivity contribution >= 4 is 0 Å². The molecule has 1 nitrogen and oxygen atoms in total. The zero-order valence-corrected chi connectivity index (χ0v) is 14.7. The largest absolute Gasteiger partial charge is 0.265 e. The molecule has 20 heavy (non-hydrogen) atoms. The zero-order chi connectivity index (χ0) is 15.6. The van der Waals surface area contributed by atoms with Gasteiger partial charge in [-0.15, -0.1) is 0 Å². The van der Waals surface area contributed by atoms with Crippen LogP contribution in [0.3, 0.4) is 0 Å². The van der Waals surface area contributed by atoms with Gasteiger partial charge < -0.3 is 0 Å². The van der Waals surface area contributed by atoms with Crippen LogP contribution in [0.25, 0.3) is 0 Å². The van der Waals surface area contributed by atoms with Gasteiger partial charge >= 0.3 is 0 Å². The van der Waals surface area contributed by atoms with Crippen molar-refractivity contribution in [2.45, 2.75) is 74.1 Å². The van der Waals surface area contributed by atoms with Crippen LogP contribution in [0.5, 0.6) is 0 Å². The molecule has 1 rings (SSSR count). The summed E-state index contributed by atoms with van der Waals surface area (Å²) >= 11 is 0. The summed E-state index contributed by atoms with van der Waals surface area (Å²) in [4.78, 5) is 4.19. The van der Waals surface area contributed by atoms with Gasteiger partial charge in [0.2, 0.25) is 0 Å². The number of aromatic nitrogens is 1. The van der Waals surface area contributed by atoms with E-state index in [-0.39, 0.29) is 5.41 Å². The van der Waals surface area contributed by atoms with Gasteiger partial charge in [-0.05, 0) is 46.3 Å². The molecule has 1 heterocycles. The summed E-state index contributed by atoms with van der Waals surface area (Å²) in [5, 5.41) is 0. The standard InChI is InChI=1S/C19H33N/c1-9-18(5,6)19(7,8)16(14-17(2,3)4)15-10-12-20-13-11-15/h10-13,16H,9,14H2,1-8H3. The number of hydrogen-bond acceptors (Lipinski definition) is 1. The minimum atomic E-state index is 0.246. The molecule has 0 spiro atoms. The Balaban J connectivity index is 3.25. The maximum absolute atomic E-state index is 4.19. The number of nitrogens with zero attached hydrogens (tertiary/aromatic N) is 1. The Morgan fingerprint density at radius 2 is 1.45 bits per heavy atom. The fourth-order valence-corrected chi connectivity index (χ4v) is 2.93. The maximum Gasteiger partial charge on any atom is 0.0270 e. The minimum absolute atomic E-state index is 0.246. The van der Waals surface area contributed by atoms with E-state index >= 15 is 0 Å². The van der Waals surface area contributed by atoms with Crippen molar-refractivity contribution < 1.29 is 0 Å². The molecule has 0 amide bonds. The highest BCUT2D eigenvalue weighted by molar-refractivity contribution is 5.20. The highest BCUT2D eigenvalue weighted by Crippen LogP contribution is 2.54. The Hall–Kier alpha value is -0.850. The van der Waals surface area contributed by atoms with Crippen LogP contribution in [-0.4, -0.2) is 4.98 Å². The van der Waals surface area contributed by atoms with E-state index in [0.717, 1.165) is 0 Å². The minimum Gasteiger partial charge on any atom is -0.265 e. The molecule has 0 aliphatic heterocycles. The molecule has 0 aromatic carbocycles. The molecule has 0 N–H and O–H groups in total. The van der Waals surface area contributed by atoms with Crippen LogP contribution >= 0.6 is 0 Å². The molecule has 0 aliphatic rings. The Morgan fingerprint density at radius 1 is 0.950 bits per heavy atom. The predicted molar refractivity (Wildman–Crippen MR) is 88.9 cm³/mol. The third kappa shape index (κ3) is 3.84. The summed E-state index contributed by atoms with van der Waals surface area (Å²) in [6.07, 6.45) is 6.26. The molecule has 1 aromatic heterocycles. The van der Waals surface area contributed by atoms with Gasteiger partial charge in [-0.25, -0.2) is 0 Å². The van der Waals surface area contributed by atoms with Crippen molar-refractivity contribution in [3.05, 3.63) is 30.1 Å². The van der Waals surface area contributed by atoms with Gasteiger partial charge in [-0.3, -0.25) is 4.98 Å². The van der Waals surface area contributed by atoms with Crippen LogP contribution in [-0.2, 0) is 0 Å². The van der Waals surface area contributed by atoms with Crippen LogP contribution in [0.4, 0.5) is 0 Å². The number of rotatable bonds is 5. The first-order valence-corrected chi connectivity index (χ1v) is 7.91. The molecule has 0 fully saturated rings. The summed E-state index contributed by atoms with van der Waals surface area (Å²) in [6.45, 7) is 19.0. The van der Waals surface area contributed by atoms with Crippen molar-refractivity contribution in [2.75, 3.05) is 0 Å². The second kappa shape index (κ2) is 5.87. The molecule has 0 saturated heterocycles. The summed E-state index contributed by atoms with van der Waals surface area (Å²) in [6, 6.07) is 4.40. The fourth-order valence-electron chi connectivity index (χ4n) is 2.93. The summed E-state index contributed by atoms with van der Waals surface area (Å²) in [7, 11) is 0. The van der Waals surface area contributed by atoms with Gasteiger partial charge in [0.05, 0.1) is 0 Å². The Labute approximate surface area is 126 Å². The Kier molecular flexibility index (Phi) is 5.05. The molecule has 0 radical (unpaired) electrons. The molecule has 0 aliphatic carbocycles. The quantitative estimate of drug-likeness (QED) is 0.636. The zero-order valence-electron chi connectivity index (χ0n) is 14.7. The number of hydrogen-bond donors (Lipinski definition) is 0. The lowest BCUT2D eigenvalue weighted by Crippen LogP contribution is -2.39. The lowest BCUT2D eigenvalue weighted by atomic mass is 9.56. The first-order valence-electron chi connectivity index (χ1n) is 7.91. The van der Waals surface area contributed by atoms with Crippen LogP contribution in [0.15, 0.2) is 24.5 Å². The lowest BCUT2D eigenvalue weighted by Gasteiger charge is -2.49. The lowest BCUT2D eigenvalue weighted by molar-refractivity contribution is 0.0528. The Bertz CT molecular complexity index is 409. The van der Waals surface area contributed by atoms with Gasteiger partial charge in [0.1, 0.15) is 0 Å². The first kappa shape index (κ1) is 17.2. The third-order valence-electron chi connectivity index (χ3n) is 5.42. The van der Waals surface area contributed by atoms with E-state index in [1.807, 2.05) is 12.4 Å². The topological polar surface area (TPSA) is 12.9 Å². The molecule has 1 heteroatoms. The van der Waals surface area contributed by atoms with Crippen molar-refractivity contribution in [3.8, 4) is 0 Å². The summed E-state index contributed by atoms with van der Waals surface area (Å²) in [5.74, 6) is 0.556. The van der Waals surface area contributed by atoms with E-state index in [1.54, 1.807) is 0 Å². The van der Waals surface area contributed by atoms with Crippen molar-refractivity contribution in [2.24, 2.45) is 16.2 Å². The van der Waals surface area contributed by atoms with Crippen molar-refractivity contribution in [1.29, 1.82) is 0 Å². The number of pyridine rings is 1. The molecular weight excluding hydrogens is 242 g/mol. The molecule has 1 unspecified atom stereocenters. The van der Waals surface area contributed by atoms with Crippen molar-refractivity contribution in [3.63, 3.8) is 0 Å². The fraction of sp³-hybridized carbons (Fsp3) is 0.737. The van der Waals surface area contributed by atoms with E-state index in [1.165, 1.54) is 18.4 Å². The SMILES string of the molecule is CCC(C)(C)C(C)(C)C(CC(C)(C)C)c1ccncc1. The molecular formula is C19H33N. The molecule has 1 atom stereocenters. The maximum atomic E-state index is 4.19. The summed E-state index contributed by atoms with van der Waals surface area (Å²) in [5.41, 5.74) is 2.32. The van der Waals surface area contributed by atoms with E-state index in [4.69, 9.17) is 0 Å². The van der Waals surface area contributed by atoms with Crippen LogP contribution in [0.1, 0.15) is 79.7 Å². The second-order valence-electron chi connectivity index (χ2n) is 8.56. The molecule has 1 aromatic rings. The van der Waals surface area contributed by atoms with E-state index < -0.39 is 0 Å². The van der Waals surface area contributed by atoms with E-state index in [2.05, 4.69) is 72.5 Å². The molecule has 0 bridgehead atoms. The van der Waals surface area contributed by atoms with Gasteiger partial charge in [-0.1, -0.05) is 61.8 Å². The van der Waals surface area contributed by atoms with Gasteiger partial charge in [0.15, 0.2) is 0 Å². The van der Waals surface area contributed by atoms with Gasteiger partial charge in [0, 0.05) is 12.4 Å². The monoisotopic (exact) mass is 275 g/mol. The van der Waals surface area contributed by atoms with Crippen LogP contribution in [0, 0.1) is 16.2 Å². The molecule has 114 valence electrons. The average Bonchev–Trinajstić information content (AvgIpc) is 2.35. The van der Waals surface area contributed by atoms with Crippen molar-refractivity contribution in [1.82, 2.24) is 4.98 Å². The first-order chi connectivity index (χ1) is 9.01. The second-order valence-corrected chi connectivity index (χ2v) is 8.56. The van der Waals surface area contributed by atoms with Gasteiger partial charge in [-0.2, -0.15) is 0 Å². The Morgan fingerprint density at radius 3 is 1.85 bits per heavy atom. The van der Waals surface area contributed by atoms with Gasteiger partial charge in [0.25, 0.3) is 0 Å². The van der Waals surface area contributed by atoms with Crippen LogP contribution in [0.2, 0.25) is 0 Å². The van der Waals surface area contributed by atoms with E-state index in [0.29, 0.717) is 16.7 Å². The van der Waals surface area contributed by atoms with E-state index in [9.17, 15) is 0 Å². The predicted octanol–water partition coefficient (Wildman–Crippen LogP) is 6.06. The highest BCUT2D eigenvalue weighted by atomic mass is 14.6. The molecule has 0 saturated carbocycles.